The summed E-state index contributed by atoms with van der Waals surface area (Å²) in [5.74, 6) is 0.322. The van der Waals surface area contributed by atoms with Crippen LogP contribution in [0, 0.1) is 6.92 Å². The summed E-state index contributed by atoms with van der Waals surface area (Å²) in [7, 11) is 1.61. The molecule has 2 rings (SSSR count). The first-order valence-corrected chi connectivity index (χ1v) is 5.76. The molecule has 0 atom stereocenters. The second kappa shape index (κ2) is 5.47. The van der Waals surface area contributed by atoms with Crippen LogP contribution in [-0.4, -0.2) is 38.4 Å². The van der Waals surface area contributed by atoms with Crippen molar-refractivity contribution in [2.24, 2.45) is 0 Å². The molecule has 7 heteroatoms. The highest BCUT2D eigenvalue weighted by molar-refractivity contribution is 5.66. The zero-order chi connectivity index (χ0) is 13.8. The number of aryl methyl sites for hydroxylation is 2. The summed E-state index contributed by atoms with van der Waals surface area (Å²) >= 11 is 0. The molecule has 0 fully saturated rings. The number of methoxy groups -OCH3 is 1. The minimum atomic E-state index is -0.878. The van der Waals surface area contributed by atoms with Gasteiger partial charge in [-0.2, -0.15) is 0 Å². The number of carboxylic acid groups (broad SMARTS) is 1. The number of benzene rings is 1. The molecule has 1 heterocycles. The van der Waals surface area contributed by atoms with Gasteiger partial charge in [0.2, 0.25) is 0 Å². The molecule has 0 radical (unpaired) electrons. The number of aromatic nitrogens is 4. The van der Waals surface area contributed by atoms with Gasteiger partial charge < -0.3 is 9.84 Å². The fourth-order valence-corrected chi connectivity index (χ4v) is 1.66. The smallest absolute Gasteiger partial charge is 0.303 e. The predicted molar refractivity (Wildman–Crippen MR) is 66.4 cm³/mol. The molecule has 0 spiro atoms. The van der Waals surface area contributed by atoms with Gasteiger partial charge in [-0.1, -0.05) is 0 Å². The summed E-state index contributed by atoms with van der Waals surface area (Å²) in [5.41, 5.74) is 1.72. The molecular formula is C12H14N4O3. The molecule has 1 aromatic heterocycles. The lowest BCUT2D eigenvalue weighted by atomic mass is 10.2. The SMILES string of the molecule is COc1ccc(-n2nnc(CCC(=O)O)n2)cc1C. The molecule has 0 aliphatic rings. The van der Waals surface area contributed by atoms with Crippen LogP contribution in [0.15, 0.2) is 18.2 Å². The highest BCUT2D eigenvalue weighted by Gasteiger charge is 2.08. The van der Waals surface area contributed by atoms with Crippen LogP contribution in [0.5, 0.6) is 5.75 Å². The van der Waals surface area contributed by atoms with E-state index in [-0.39, 0.29) is 12.8 Å². The van der Waals surface area contributed by atoms with E-state index in [1.54, 1.807) is 7.11 Å². The molecule has 0 saturated carbocycles. The topological polar surface area (TPSA) is 90.1 Å². The van der Waals surface area contributed by atoms with E-state index in [1.807, 2.05) is 25.1 Å². The van der Waals surface area contributed by atoms with Crippen molar-refractivity contribution in [1.29, 1.82) is 0 Å². The number of carboxylic acids is 1. The molecule has 1 aromatic carbocycles. The standard InChI is InChI=1S/C12H14N4O3/c1-8-7-9(3-4-10(8)19-2)16-14-11(13-15-16)5-6-12(17)18/h3-4,7H,5-6H2,1-2H3,(H,17,18). The van der Waals surface area contributed by atoms with Crippen molar-refractivity contribution >= 4 is 5.97 Å². The van der Waals surface area contributed by atoms with Gasteiger partial charge in [0.25, 0.3) is 0 Å². The predicted octanol–water partition coefficient (Wildman–Crippen LogP) is 0.997. The first-order valence-electron chi connectivity index (χ1n) is 5.76. The molecule has 1 N–H and O–H groups in total. The van der Waals surface area contributed by atoms with Gasteiger partial charge in [-0.15, -0.1) is 15.0 Å². The summed E-state index contributed by atoms with van der Waals surface area (Å²) in [6, 6.07) is 5.51. The Kier molecular flexibility index (Phi) is 3.74. The number of carbonyl (C=O) groups is 1. The van der Waals surface area contributed by atoms with Crippen LogP contribution >= 0.6 is 0 Å². The van der Waals surface area contributed by atoms with Crippen molar-refractivity contribution in [3.63, 3.8) is 0 Å². The molecule has 0 bridgehead atoms. The van der Waals surface area contributed by atoms with Crippen LogP contribution in [0.4, 0.5) is 0 Å². The largest absolute Gasteiger partial charge is 0.496 e. The third-order valence-corrected chi connectivity index (χ3v) is 2.63. The fraction of sp³-hybridized carbons (Fsp3) is 0.333. The first-order chi connectivity index (χ1) is 9.10. The zero-order valence-corrected chi connectivity index (χ0v) is 10.7. The van der Waals surface area contributed by atoms with Gasteiger partial charge in [0.15, 0.2) is 5.82 Å². The van der Waals surface area contributed by atoms with Crippen molar-refractivity contribution in [2.45, 2.75) is 19.8 Å². The summed E-state index contributed by atoms with van der Waals surface area (Å²) in [6.07, 6.45) is 0.262. The second-order valence-electron chi connectivity index (χ2n) is 4.04. The van der Waals surface area contributed by atoms with Crippen LogP contribution in [0.25, 0.3) is 5.69 Å². The maximum Gasteiger partial charge on any atom is 0.303 e. The van der Waals surface area contributed by atoms with Crippen molar-refractivity contribution in [3.05, 3.63) is 29.6 Å². The Labute approximate surface area is 109 Å². The summed E-state index contributed by atoms with van der Waals surface area (Å²) in [4.78, 5) is 11.8. The Morgan fingerprint density at radius 1 is 1.47 bits per heavy atom. The zero-order valence-electron chi connectivity index (χ0n) is 10.7. The Morgan fingerprint density at radius 3 is 2.89 bits per heavy atom. The van der Waals surface area contributed by atoms with Gasteiger partial charge in [-0.05, 0) is 35.9 Å². The molecule has 2 aromatic rings. The molecule has 0 unspecified atom stereocenters. The maximum absolute atomic E-state index is 10.5. The van der Waals surface area contributed by atoms with E-state index < -0.39 is 5.97 Å². The van der Waals surface area contributed by atoms with Crippen molar-refractivity contribution in [1.82, 2.24) is 20.2 Å². The van der Waals surface area contributed by atoms with Crippen molar-refractivity contribution in [2.75, 3.05) is 7.11 Å². The average molecular weight is 262 g/mol. The van der Waals surface area contributed by atoms with Crippen LogP contribution < -0.4 is 4.74 Å². The molecule has 19 heavy (non-hydrogen) atoms. The Bertz CT molecular complexity index is 594. The normalized spacial score (nSPS) is 10.4. The highest BCUT2D eigenvalue weighted by Crippen LogP contribution is 2.19. The average Bonchev–Trinajstić information content (AvgIpc) is 2.85. The summed E-state index contributed by atoms with van der Waals surface area (Å²) < 4.78 is 5.17. The summed E-state index contributed by atoms with van der Waals surface area (Å²) in [5, 5.41) is 20.5. The number of ether oxygens (including phenoxy) is 1. The third-order valence-electron chi connectivity index (χ3n) is 2.63. The lowest BCUT2D eigenvalue weighted by molar-refractivity contribution is -0.137. The van der Waals surface area contributed by atoms with Gasteiger partial charge in [-0.25, -0.2) is 0 Å². The van der Waals surface area contributed by atoms with E-state index in [4.69, 9.17) is 9.84 Å². The Morgan fingerprint density at radius 2 is 2.26 bits per heavy atom. The minimum absolute atomic E-state index is 0.00661. The molecular weight excluding hydrogens is 248 g/mol. The number of tetrazole rings is 1. The van der Waals surface area contributed by atoms with Crippen LogP contribution in [0.3, 0.4) is 0 Å². The number of aliphatic carboxylic acids is 1. The first kappa shape index (κ1) is 13.0. The molecule has 0 saturated heterocycles. The lowest BCUT2D eigenvalue weighted by Gasteiger charge is -2.05. The van der Waals surface area contributed by atoms with Crippen LogP contribution in [0.1, 0.15) is 17.8 Å². The number of rotatable bonds is 5. The summed E-state index contributed by atoms with van der Waals surface area (Å²) in [6.45, 7) is 1.92. The van der Waals surface area contributed by atoms with Gasteiger partial charge >= 0.3 is 5.97 Å². The Balaban J connectivity index is 2.18. The number of hydrogen-bond acceptors (Lipinski definition) is 5. The van der Waals surface area contributed by atoms with E-state index in [1.165, 1.54) is 4.80 Å². The van der Waals surface area contributed by atoms with E-state index in [2.05, 4.69) is 15.4 Å². The van der Waals surface area contributed by atoms with Gasteiger partial charge in [0.1, 0.15) is 5.75 Å². The minimum Gasteiger partial charge on any atom is -0.496 e. The number of nitrogens with zero attached hydrogens (tertiary/aromatic N) is 4. The van der Waals surface area contributed by atoms with E-state index in [9.17, 15) is 4.79 Å². The number of hydrogen-bond donors (Lipinski definition) is 1. The molecule has 0 aliphatic carbocycles. The molecule has 7 nitrogen and oxygen atoms in total. The lowest BCUT2D eigenvalue weighted by Crippen LogP contribution is -2.02. The maximum atomic E-state index is 10.5. The van der Waals surface area contributed by atoms with Crippen LogP contribution in [-0.2, 0) is 11.2 Å². The van der Waals surface area contributed by atoms with Crippen molar-refractivity contribution in [3.8, 4) is 11.4 Å². The van der Waals surface area contributed by atoms with E-state index in [0.29, 0.717) is 5.82 Å². The third kappa shape index (κ3) is 3.06. The van der Waals surface area contributed by atoms with Gasteiger partial charge in [-0.3, -0.25) is 4.79 Å². The quantitative estimate of drug-likeness (QED) is 0.864. The fourth-order valence-electron chi connectivity index (χ4n) is 1.66. The highest BCUT2D eigenvalue weighted by atomic mass is 16.5. The molecule has 0 amide bonds. The Hall–Kier alpha value is -2.44. The second-order valence-corrected chi connectivity index (χ2v) is 4.04. The van der Waals surface area contributed by atoms with Crippen LogP contribution in [0.2, 0.25) is 0 Å². The van der Waals surface area contributed by atoms with Gasteiger partial charge in [0, 0.05) is 6.42 Å². The van der Waals surface area contributed by atoms with E-state index >= 15 is 0 Å². The molecule has 0 aliphatic heterocycles. The van der Waals surface area contributed by atoms with Crippen molar-refractivity contribution < 1.29 is 14.6 Å². The molecule has 100 valence electrons. The monoisotopic (exact) mass is 262 g/mol. The van der Waals surface area contributed by atoms with Gasteiger partial charge in [0.05, 0.1) is 19.2 Å². The van der Waals surface area contributed by atoms with E-state index in [0.717, 1.165) is 17.0 Å².